The Morgan fingerprint density at radius 3 is 2.20 bits per heavy atom. The Balaban J connectivity index is 2.85. The van der Waals surface area contributed by atoms with E-state index < -0.39 is 0 Å². The lowest BCUT2D eigenvalue weighted by molar-refractivity contribution is 0.376. The minimum atomic E-state index is 0.278. The maximum absolute atomic E-state index is 4.62. The van der Waals surface area contributed by atoms with Crippen LogP contribution < -0.4 is 10.6 Å². The van der Waals surface area contributed by atoms with Crippen LogP contribution in [0.4, 0.5) is 11.6 Å². The molecule has 1 aromatic heterocycles. The normalized spacial score (nSPS) is 11.8. The first-order valence-electron chi connectivity index (χ1n) is 7.74. The number of hydrogen-bond acceptors (Lipinski definition) is 4. The Kier molecular flexibility index (Phi) is 6.24. The van der Waals surface area contributed by atoms with Gasteiger partial charge in [-0.15, -0.1) is 0 Å². The molecule has 0 aliphatic rings. The van der Waals surface area contributed by atoms with Crippen molar-refractivity contribution in [3.05, 3.63) is 11.9 Å². The predicted molar refractivity (Wildman–Crippen MR) is 87.5 cm³/mol. The van der Waals surface area contributed by atoms with Crippen molar-refractivity contribution >= 4 is 11.6 Å². The van der Waals surface area contributed by atoms with Crippen molar-refractivity contribution in [2.75, 3.05) is 23.7 Å². The molecule has 0 saturated carbocycles. The summed E-state index contributed by atoms with van der Waals surface area (Å²) in [5.74, 6) is 3.06. The van der Waals surface area contributed by atoms with Crippen LogP contribution in [0.1, 0.15) is 66.1 Å². The molecule has 0 amide bonds. The van der Waals surface area contributed by atoms with E-state index in [1.165, 1.54) is 0 Å². The van der Waals surface area contributed by atoms with Crippen LogP contribution in [-0.2, 0) is 0 Å². The van der Waals surface area contributed by atoms with Gasteiger partial charge in [0.05, 0.1) is 0 Å². The zero-order valence-corrected chi connectivity index (χ0v) is 13.9. The Morgan fingerprint density at radius 2 is 1.70 bits per heavy atom. The number of anilines is 2. The quantitative estimate of drug-likeness (QED) is 0.745. The molecule has 1 heterocycles. The minimum absolute atomic E-state index is 0.278. The SMILES string of the molecule is CCCNc1cc(NCC(C)(C)CC)nc(C(C)C)n1. The fourth-order valence-corrected chi connectivity index (χ4v) is 1.61. The summed E-state index contributed by atoms with van der Waals surface area (Å²) >= 11 is 0. The molecule has 0 unspecified atom stereocenters. The zero-order valence-electron chi connectivity index (χ0n) is 13.9. The summed E-state index contributed by atoms with van der Waals surface area (Å²) in [7, 11) is 0. The Hall–Kier alpha value is -1.32. The van der Waals surface area contributed by atoms with Crippen LogP contribution in [0.15, 0.2) is 6.07 Å². The van der Waals surface area contributed by atoms with Crippen LogP contribution in [-0.4, -0.2) is 23.1 Å². The zero-order chi connectivity index (χ0) is 15.2. The molecule has 20 heavy (non-hydrogen) atoms. The number of aromatic nitrogens is 2. The molecule has 1 rings (SSSR count). The number of rotatable bonds is 8. The van der Waals surface area contributed by atoms with Gasteiger partial charge < -0.3 is 10.6 Å². The maximum atomic E-state index is 4.62. The van der Waals surface area contributed by atoms with Crippen LogP contribution in [0.3, 0.4) is 0 Å². The van der Waals surface area contributed by atoms with Gasteiger partial charge in [0.15, 0.2) is 0 Å². The van der Waals surface area contributed by atoms with Crippen molar-refractivity contribution in [3.63, 3.8) is 0 Å². The highest BCUT2D eigenvalue weighted by atomic mass is 15.1. The fourth-order valence-electron chi connectivity index (χ4n) is 1.61. The van der Waals surface area contributed by atoms with Crippen LogP contribution in [0.5, 0.6) is 0 Å². The lowest BCUT2D eigenvalue weighted by Crippen LogP contribution is -2.23. The number of nitrogens with one attached hydrogen (secondary N) is 2. The fraction of sp³-hybridized carbons (Fsp3) is 0.750. The minimum Gasteiger partial charge on any atom is -0.370 e. The average molecular weight is 278 g/mol. The van der Waals surface area contributed by atoms with Crippen molar-refractivity contribution < 1.29 is 0 Å². The number of nitrogens with zero attached hydrogens (tertiary/aromatic N) is 2. The van der Waals surface area contributed by atoms with Gasteiger partial charge in [0.1, 0.15) is 17.5 Å². The van der Waals surface area contributed by atoms with Crippen LogP contribution in [0.2, 0.25) is 0 Å². The van der Waals surface area contributed by atoms with E-state index in [9.17, 15) is 0 Å². The second kappa shape index (κ2) is 7.46. The first-order chi connectivity index (χ1) is 9.38. The monoisotopic (exact) mass is 278 g/mol. The lowest BCUT2D eigenvalue weighted by Gasteiger charge is -2.23. The van der Waals surface area contributed by atoms with Gasteiger partial charge in [-0.3, -0.25) is 0 Å². The van der Waals surface area contributed by atoms with E-state index in [1.54, 1.807) is 0 Å². The molecule has 0 saturated heterocycles. The molecule has 0 aliphatic carbocycles. The molecule has 0 aliphatic heterocycles. The van der Waals surface area contributed by atoms with Gasteiger partial charge in [-0.25, -0.2) is 9.97 Å². The van der Waals surface area contributed by atoms with Crippen molar-refractivity contribution in [1.29, 1.82) is 0 Å². The summed E-state index contributed by atoms with van der Waals surface area (Å²) in [4.78, 5) is 9.19. The molecular formula is C16H30N4. The Labute approximate surface area is 123 Å². The molecule has 4 nitrogen and oxygen atoms in total. The molecule has 114 valence electrons. The van der Waals surface area contributed by atoms with Crippen molar-refractivity contribution in [3.8, 4) is 0 Å². The van der Waals surface area contributed by atoms with Crippen molar-refractivity contribution in [2.45, 2.75) is 60.3 Å². The van der Waals surface area contributed by atoms with E-state index in [0.29, 0.717) is 5.92 Å². The van der Waals surface area contributed by atoms with E-state index in [2.05, 4.69) is 62.1 Å². The molecule has 0 radical (unpaired) electrons. The second-order valence-corrected chi connectivity index (χ2v) is 6.45. The molecule has 0 atom stereocenters. The highest BCUT2D eigenvalue weighted by Crippen LogP contribution is 2.22. The third kappa shape index (κ3) is 5.35. The van der Waals surface area contributed by atoms with Gasteiger partial charge in [0.25, 0.3) is 0 Å². The van der Waals surface area contributed by atoms with Crippen LogP contribution >= 0.6 is 0 Å². The second-order valence-electron chi connectivity index (χ2n) is 6.45. The molecule has 0 spiro atoms. The average Bonchev–Trinajstić information content (AvgIpc) is 2.43. The molecule has 1 aromatic rings. The highest BCUT2D eigenvalue weighted by molar-refractivity contribution is 5.48. The first-order valence-corrected chi connectivity index (χ1v) is 7.74. The van der Waals surface area contributed by atoms with Gasteiger partial charge in [0, 0.05) is 25.1 Å². The predicted octanol–water partition coefficient (Wildman–Crippen LogP) is 4.27. The summed E-state index contributed by atoms with van der Waals surface area (Å²) in [6.45, 7) is 15.0. The molecule has 0 bridgehead atoms. The van der Waals surface area contributed by atoms with Gasteiger partial charge in [0.2, 0.25) is 0 Å². The summed E-state index contributed by atoms with van der Waals surface area (Å²) in [6, 6.07) is 2.01. The Bertz CT molecular complexity index is 413. The molecule has 0 fully saturated rings. The Morgan fingerprint density at radius 1 is 1.10 bits per heavy atom. The van der Waals surface area contributed by atoms with E-state index in [-0.39, 0.29) is 5.41 Å². The first kappa shape index (κ1) is 16.7. The van der Waals surface area contributed by atoms with Crippen molar-refractivity contribution in [2.24, 2.45) is 5.41 Å². The van der Waals surface area contributed by atoms with E-state index >= 15 is 0 Å². The molecular weight excluding hydrogens is 248 g/mol. The third-order valence-electron chi connectivity index (χ3n) is 3.52. The van der Waals surface area contributed by atoms with Gasteiger partial charge in [-0.2, -0.15) is 0 Å². The lowest BCUT2D eigenvalue weighted by atomic mass is 9.90. The van der Waals surface area contributed by atoms with E-state index in [4.69, 9.17) is 0 Å². The van der Waals surface area contributed by atoms with Gasteiger partial charge in [-0.05, 0) is 18.3 Å². The van der Waals surface area contributed by atoms with Crippen LogP contribution in [0.25, 0.3) is 0 Å². The highest BCUT2D eigenvalue weighted by Gasteiger charge is 2.15. The standard InChI is InChI=1S/C16H30N4/c1-7-9-17-13-10-14(18-11-16(5,6)8-2)20-15(19-13)12(3)4/h10,12H,7-9,11H2,1-6H3,(H2,17,18,19,20). The largest absolute Gasteiger partial charge is 0.370 e. The van der Waals surface area contributed by atoms with E-state index in [0.717, 1.165) is 43.4 Å². The number of hydrogen-bond donors (Lipinski definition) is 2. The smallest absolute Gasteiger partial charge is 0.135 e. The third-order valence-corrected chi connectivity index (χ3v) is 3.52. The topological polar surface area (TPSA) is 49.8 Å². The summed E-state index contributed by atoms with van der Waals surface area (Å²) in [5.41, 5.74) is 0.278. The maximum Gasteiger partial charge on any atom is 0.135 e. The summed E-state index contributed by atoms with van der Waals surface area (Å²) in [5, 5.41) is 6.81. The summed E-state index contributed by atoms with van der Waals surface area (Å²) in [6.07, 6.45) is 2.23. The van der Waals surface area contributed by atoms with Gasteiger partial charge >= 0.3 is 0 Å². The van der Waals surface area contributed by atoms with Gasteiger partial charge in [-0.1, -0.05) is 41.5 Å². The molecule has 2 N–H and O–H groups in total. The van der Waals surface area contributed by atoms with E-state index in [1.807, 2.05) is 6.07 Å². The van der Waals surface area contributed by atoms with Crippen molar-refractivity contribution in [1.82, 2.24) is 9.97 Å². The summed E-state index contributed by atoms with van der Waals surface area (Å²) < 4.78 is 0. The molecule has 0 aromatic carbocycles. The van der Waals surface area contributed by atoms with Crippen LogP contribution in [0, 0.1) is 5.41 Å². The molecule has 4 heteroatoms.